The van der Waals surface area contributed by atoms with E-state index in [-0.39, 0.29) is 94.5 Å². The summed E-state index contributed by atoms with van der Waals surface area (Å²) in [5.41, 5.74) is 3.92. The van der Waals surface area contributed by atoms with Crippen molar-refractivity contribution in [3.63, 3.8) is 0 Å². The zero-order valence-corrected chi connectivity index (χ0v) is 22.7. The summed E-state index contributed by atoms with van der Waals surface area (Å²) in [7, 11) is 0. The molecular weight excluding hydrogens is 570 g/mol. The molecule has 2 aromatic rings. The SMILES string of the molecule is O.O.O.O.O.[2H]C1Nc2nc(N)[nH]c(=O)c2N(C=O)C1([2H])C([2H])([2H])Nc1ccc(C(=O)N[C@@H](CCC(=O)[O-])C(=O)[O-])cc1.[Ca+2]. The van der Waals surface area contributed by atoms with Crippen LogP contribution in [0.2, 0.25) is 0 Å². The van der Waals surface area contributed by atoms with Crippen molar-refractivity contribution in [3.8, 4) is 0 Å². The van der Waals surface area contributed by atoms with Gasteiger partial charge in [0.2, 0.25) is 12.4 Å². The number of hydrogen-bond acceptors (Lipinski definition) is 11. The number of aromatic amines is 1. The summed E-state index contributed by atoms with van der Waals surface area (Å²) >= 11 is 0. The van der Waals surface area contributed by atoms with Crippen molar-refractivity contribution in [1.29, 1.82) is 0 Å². The van der Waals surface area contributed by atoms with Crippen LogP contribution in [-0.4, -0.2) is 124 Å². The predicted octanol–water partition coefficient (Wildman–Crippen LogP) is -7.90. The molecule has 40 heavy (non-hydrogen) atoms. The first-order valence-electron chi connectivity index (χ1n) is 11.7. The van der Waals surface area contributed by atoms with Crippen molar-refractivity contribution in [2.75, 3.05) is 34.3 Å². The Hall–Kier alpha value is -3.56. The number of amides is 2. The van der Waals surface area contributed by atoms with E-state index < -0.39 is 67.0 Å². The van der Waals surface area contributed by atoms with Crippen molar-refractivity contribution in [2.45, 2.75) is 24.9 Å². The van der Waals surface area contributed by atoms with Gasteiger partial charge in [0.15, 0.2) is 11.5 Å². The number of aliphatic carboxylic acids is 2. The second-order valence-corrected chi connectivity index (χ2v) is 6.88. The Balaban J connectivity index is -0.00000133. The van der Waals surface area contributed by atoms with Crippen LogP contribution in [0, 0.1) is 0 Å². The van der Waals surface area contributed by atoms with Gasteiger partial charge in [-0.2, -0.15) is 4.98 Å². The summed E-state index contributed by atoms with van der Waals surface area (Å²) in [5, 5.41) is 28.6. The molecule has 20 heteroatoms. The molecule has 3 atom stereocenters. The summed E-state index contributed by atoms with van der Waals surface area (Å²) in [6.45, 7) is -4.75. The summed E-state index contributed by atoms with van der Waals surface area (Å²) in [5.74, 6) is -4.71. The number of nitrogens with one attached hydrogen (secondary N) is 4. The van der Waals surface area contributed by atoms with E-state index >= 15 is 0 Å². The first-order valence-corrected chi connectivity index (χ1v) is 9.64. The maximum absolute atomic E-state index is 12.4. The van der Waals surface area contributed by atoms with Gasteiger partial charge >= 0.3 is 37.7 Å². The number of nitrogens with two attached hydrogens (primary N) is 1. The van der Waals surface area contributed by atoms with Crippen LogP contribution in [0.4, 0.5) is 23.1 Å². The third-order valence-electron chi connectivity index (χ3n) is 4.57. The Morgan fingerprint density at radius 3 is 2.35 bits per heavy atom. The normalized spacial score (nSPS) is 18.6. The topological polar surface area (TPSA) is 383 Å². The van der Waals surface area contributed by atoms with E-state index in [4.69, 9.17) is 11.2 Å². The minimum Gasteiger partial charge on any atom is -0.550 e. The number of carbonyl (C=O) groups excluding carboxylic acids is 4. The van der Waals surface area contributed by atoms with Gasteiger partial charge in [0.1, 0.15) is 0 Å². The predicted molar refractivity (Wildman–Crippen MR) is 139 cm³/mol. The van der Waals surface area contributed by atoms with Crippen LogP contribution in [0.3, 0.4) is 0 Å². The molecule has 220 valence electrons. The summed E-state index contributed by atoms with van der Waals surface area (Å²) < 4.78 is 34.0. The molecule has 0 aliphatic carbocycles. The number of rotatable bonds is 10. The smallest absolute Gasteiger partial charge is 0.550 e. The minimum atomic E-state index is -2.90. The monoisotopic (exact) mass is 605 g/mol. The molecule has 1 aromatic carbocycles. The number of fused-ring (bicyclic) bond motifs is 1. The van der Waals surface area contributed by atoms with Crippen molar-refractivity contribution in [3.05, 3.63) is 40.2 Å². The molecular formula is C20H31CaN7O12. The largest absolute Gasteiger partial charge is 2.00 e. The average Bonchev–Trinajstić information content (AvgIpc) is 2.82. The van der Waals surface area contributed by atoms with Crippen LogP contribution in [0.15, 0.2) is 29.1 Å². The fourth-order valence-corrected chi connectivity index (χ4v) is 2.93. The molecule has 0 saturated heterocycles. The first-order chi connectivity index (χ1) is 17.7. The molecule has 0 bridgehead atoms. The van der Waals surface area contributed by atoms with Gasteiger partial charge in [0.25, 0.3) is 11.5 Å². The van der Waals surface area contributed by atoms with E-state index in [2.05, 4.69) is 25.9 Å². The summed E-state index contributed by atoms with van der Waals surface area (Å²) in [6, 6.07) is 0.397. The number of anilines is 4. The van der Waals surface area contributed by atoms with Crippen LogP contribution < -0.4 is 42.4 Å². The number of hydrogen-bond donors (Lipinski definition) is 5. The van der Waals surface area contributed by atoms with Crippen molar-refractivity contribution in [1.82, 2.24) is 15.3 Å². The Morgan fingerprint density at radius 1 is 1.23 bits per heavy atom. The number of aromatic nitrogens is 2. The molecule has 3 rings (SSSR count). The van der Waals surface area contributed by atoms with Gasteiger partial charge in [-0.3, -0.25) is 19.4 Å². The van der Waals surface area contributed by atoms with Crippen molar-refractivity contribution in [2.24, 2.45) is 0 Å². The van der Waals surface area contributed by atoms with Crippen LogP contribution >= 0.6 is 0 Å². The molecule has 2 unspecified atom stereocenters. The average molecular weight is 606 g/mol. The third-order valence-corrected chi connectivity index (χ3v) is 4.57. The molecule has 19 nitrogen and oxygen atoms in total. The quantitative estimate of drug-likeness (QED) is 0.125. The number of carbonyl (C=O) groups is 4. The van der Waals surface area contributed by atoms with Crippen molar-refractivity contribution >= 4 is 85.1 Å². The van der Waals surface area contributed by atoms with Crippen LogP contribution in [0.25, 0.3) is 0 Å². The molecule has 16 N–H and O–H groups in total. The van der Waals surface area contributed by atoms with Crippen molar-refractivity contribution < 1.29 is 62.3 Å². The second kappa shape index (κ2) is 19.5. The Labute approximate surface area is 261 Å². The van der Waals surface area contributed by atoms with E-state index in [0.29, 0.717) is 4.90 Å². The summed E-state index contributed by atoms with van der Waals surface area (Å²) in [4.78, 5) is 64.8. The van der Waals surface area contributed by atoms with Gasteiger partial charge in [0.05, 0.1) is 23.5 Å². The Bertz CT molecular complexity index is 1340. The number of benzene rings is 1. The summed E-state index contributed by atoms with van der Waals surface area (Å²) in [6.07, 6.45) is -1.08. The van der Waals surface area contributed by atoms with Gasteiger partial charge in [-0.1, -0.05) is 0 Å². The maximum Gasteiger partial charge on any atom is 2.00 e. The van der Waals surface area contributed by atoms with E-state index in [1.54, 1.807) is 0 Å². The van der Waals surface area contributed by atoms with Crippen LogP contribution in [0.5, 0.6) is 0 Å². The first kappa shape index (κ1) is 34.5. The van der Waals surface area contributed by atoms with Gasteiger partial charge < -0.3 is 73.8 Å². The Morgan fingerprint density at radius 2 is 1.82 bits per heavy atom. The van der Waals surface area contributed by atoms with E-state index in [9.17, 15) is 34.2 Å². The minimum absolute atomic E-state index is 0. The Kier molecular flexibility index (Phi) is 16.8. The molecule has 0 fully saturated rings. The maximum atomic E-state index is 12.4. The van der Waals surface area contributed by atoms with E-state index in [1.165, 1.54) is 24.3 Å². The number of carboxylic acid groups (broad SMARTS) is 2. The number of nitrogens with zero attached hydrogens (tertiary/aromatic N) is 2. The molecule has 1 aliphatic rings. The van der Waals surface area contributed by atoms with Gasteiger partial charge in [0, 0.05) is 30.2 Å². The number of H-pyrrole nitrogens is 1. The molecule has 0 saturated carbocycles. The molecule has 2 heterocycles. The van der Waals surface area contributed by atoms with E-state index in [1.807, 2.05) is 0 Å². The van der Waals surface area contributed by atoms with E-state index in [0.717, 1.165) is 0 Å². The second-order valence-electron chi connectivity index (χ2n) is 6.88. The number of carboxylic acids is 2. The molecule has 2 amide bonds. The van der Waals surface area contributed by atoms with Gasteiger partial charge in [-0.15, -0.1) is 0 Å². The van der Waals surface area contributed by atoms with Crippen LogP contribution in [-0.2, 0) is 14.4 Å². The zero-order valence-electron chi connectivity index (χ0n) is 24.5. The fraction of sp³-hybridized carbons (Fsp3) is 0.300. The third kappa shape index (κ3) is 10.9. The molecule has 1 aromatic heterocycles. The number of nitrogen functional groups attached to an aromatic ring is 1. The van der Waals surface area contributed by atoms with Gasteiger partial charge in [-0.25, -0.2) is 0 Å². The zero-order chi connectivity index (χ0) is 28.4. The fourth-order valence-electron chi connectivity index (χ4n) is 2.93. The van der Waals surface area contributed by atoms with Crippen LogP contribution in [0.1, 0.15) is 28.7 Å². The standard InChI is InChI=1S/C20H23N7O7.Ca.5H2O/c21-20-25-16-15(18(32)26-20)27(9-28)12(8-23-16)7-22-11-3-1-10(2-4-11)17(31)24-13(19(33)34)5-6-14(29)30;;;;;;/h1-4,9,12-13,22H,5-8H2,(H,24,31)(H,29,30)(H,33,34)(H4,21,23,25,26,32);;5*1H2/q;+2;;;;;/p-2/t12?,13-;;;;;;/m0....../s1/i7D2,8D,12D;;;;;;/t8?,12?,13-;;;;;;. The van der Waals surface area contributed by atoms with Gasteiger partial charge in [-0.05, 0) is 37.1 Å². The molecule has 1 aliphatic heterocycles. The molecule has 0 radical (unpaired) electrons. The molecule has 0 spiro atoms.